The molecule has 0 heterocycles. The fourth-order valence-corrected chi connectivity index (χ4v) is 4.85. The normalized spacial score (nSPS) is 13.0. The number of benzene rings is 4. The Morgan fingerprint density at radius 3 is 1.95 bits per heavy atom. The van der Waals surface area contributed by atoms with E-state index in [-0.39, 0.29) is 31.2 Å². The van der Waals surface area contributed by atoms with E-state index in [9.17, 15) is 19.8 Å². The molecule has 0 aliphatic heterocycles. The van der Waals surface area contributed by atoms with Gasteiger partial charge < -0.3 is 19.8 Å². The zero-order valence-electron chi connectivity index (χ0n) is 20.6. The van der Waals surface area contributed by atoms with Gasteiger partial charge in [0.25, 0.3) is 0 Å². The predicted molar refractivity (Wildman–Crippen MR) is 141 cm³/mol. The largest absolute Gasteiger partial charge is 0.527 e. The molecule has 0 spiro atoms. The molecule has 0 fully saturated rings. The molecule has 38 heavy (non-hydrogen) atoms. The number of nitrogens with zero attached hydrogens (tertiary/aromatic N) is 1. The molecule has 2 N–H and O–H groups in total. The monoisotopic (exact) mass is 509 g/mol. The molecular weight excluding hydrogens is 482 g/mol. The molecule has 4 aromatic carbocycles. The third kappa shape index (κ3) is 5.53. The van der Waals surface area contributed by atoms with Crippen molar-refractivity contribution in [2.75, 3.05) is 6.61 Å². The summed E-state index contributed by atoms with van der Waals surface area (Å²) in [5.41, 5.74) is 5.79. The summed E-state index contributed by atoms with van der Waals surface area (Å²) in [4.78, 5) is 30.8. The average Bonchev–Trinajstić information content (AvgIpc) is 3.25. The molecule has 192 valence electrons. The second kappa shape index (κ2) is 11.2. The number of phenols is 1. The quantitative estimate of drug-likeness (QED) is 0.218. The predicted octanol–water partition coefficient (Wildman–Crippen LogP) is 5.77. The Bertz CT molecular complexity index is 1370. The van der Waals surface area contributed by atoms with Gasteiger partial charge in [0, 0.05) is 12.3 Å². The number of carbonyl (C=O) groups excluding carboxylic acids is 1. The van der Waals surface area contributed by atoms with E-state index < -0.39 is 18.2 Å². The molecule has 0 aromatic heterocycles. The first-order valence-corrected chi connectivity index (χ1v) is 12.3. The van der Waals surface area contributed by atoms with Crippen LogP contribution in [0.15, 0.2) is 103 Å². The van der Waals surface area contributed by atoms with E-state index in [1.807, 2.05) is 66.7 Å². The zero-order chi connectivity index (χ0) is 26.5. The van der Waals surface area contributed by atoms with E-state index in [0.717, 1.165) is 32.9 Å². The average molecular weight is 510 g/mol. The van der Waals surface area contributed by atoms with E-state index in [2.05, 4.69) is 12.1 Å². The van der Waals surface area contributed by atoms with Gasteiger partial charge in [0.1, 0.15) is 18.4 Å². The van der Waals surface area contributed by atoms with Gasteiger partial charge in [-0.2, -0.15) is 0 Å². The van der Waals surface area contributed by atoms with Crippen LogP contribution < -0.4 is 0 Å². The zero-order valence-corrected chi connectivity index (χ0v) is 20.6. The van der Waals surface area contributed by atoms with E-state index in [1.54, 1.807) is 12.1 Å². The number of aromatic hydroxyl groups is 1. The maximum Gasteiger partial charge on any atom is 0.527 e. The summed E-state index contributed by atoms with van der Waals surface area (Å²) in [6.45, 7) is 0.113. The number of rotatable bonds is 9. The molecule has 0 saturated heterocycles. The summed E-state index contributed by atoms with van der Waals surface area (Å²) >= 11 is 0. The Morgan fingerprint density at radius 1 is 0.763 bits per heavy atom. The van der Waals surface area contributed by atoms with Crippen molar-refractivity contribution < 1.29 is 29.4 Å². The standard InChI is InChI=1S/C31H27NO6/c33-23-16-14-21(15-17-23)18-29(30(34)35)32(19-22-8-2-1-3-9-22)38-31(36)37-20-28-26-12-6-4-10-24(26)25-11-5-7-13-27(25)28/h1-17,28-29,33H,18-20H2,(H,34,35)/t29-/m1/s1. The fourth-order valence-electron chi connectivity index (χ4n) is 4.85. The first-order valence-electron chi connectivity index (χ1n) is 12.3. The van der Waals surface area contributed by atoms with Crippen molar-refractivity contribution >= 4 is 12.1 Å². The second-order valence-corrected chi connectivity index (χ2v) is 9.16. The van der Waals surface area contributed by atoms with Gasteiger partial charge in [-0.15, -0.1) is 5.06 Å². The molecule has 7 nitrogen and oxygen atoms in total. The van der Waals surface area contributed by atoms with Gasteiger partial charge in [-0.3, -0.25) is 4.79 Å². The number of hydroxylamine groups is 2. The molecule has 4 aromatic rings. The summed E-state index contributed by atoms with van der Waals surface area (Å²) in [5.74, 6) is -1.22. The molecular formula is C31H27NO6. The number of hydrogen-bond donors (Lipinski definition) is 2. The van der Waals surface area contributed by atoms with E-state index in [0.29, 0.717) is 5.56 Å². The summed E-state index contributed by atoms with van der Waals surface area (Å²) in [7, 11) is 0. The molecule has 0 bridgehead atoms. The Labute approximate surface area is 220 Å². The van der Waals surface area contributed by atoms with Crippen LogP contribution in [0, 0.1) is 0 Å². The van der Waals surface area contributed by atoms with Crippen LogP contribution in [-0.2, 0) is 27.3 Å². The number of aliphatic carboxylic acids is 1. The van der Waals surface area contributed by atoms with Crippen LogP contribution in [0.4, 0.5) is 4.79 Å². The lowest BCUT2D eigenvalue weighted by Gasteiger charge is -2.27. The van der Waals surface area contributed by atoms with Crippen LogP contribution in [0.3, 0.4) is 0 Å². The second-order valence-electron chi connectivity index (χ2n) is 9.16. The highest BCUT2D eigenvalue weighted by Crippen LogP contribution is 2.44. The smallest absolute Gasteiger partial charge is 0.508 e. The molecule has 1 aliphatic rings. The minimum atomic E-state index is -1.18. The van der Waals surface area contributed by atoms with Crippen molar-refractivity contribution in [2.45, 2.75) is 24.9 Å². The summed E-state index contributed by atoms with van der Waals surface area (Å²) < 4.78 is 5.57. The first-order chi connectivity index (χ1) is 18.5. The highest BCUT2D eigenvalue weighted by atomic mass is 16.8. The molecule has 0 saturated carbocycles. The highest BCUT2D eigenvalue weighted by Gasteiger charge is 2.32. The van der Waals surface area contributed by atoms with Gasteiger partial charge in [-0.05, 0) is 45.5 Å². The number of carboxylic acids is 1. The Balaban J connectivity index is 1.33. The lowest BCUT2D eigenvalue weighted by molar-refractivity contribution is -0.182. The van der Waals surface area contributed by atoms with E-state index >= 15 is 0 Å². The Morgan fingerprint density at radius 2 is 1.34 bits per heavy atom. The van der Waals surface area contributed by atoms with Crippen LogP contribution in [0.1, 0.15) is 28.2 Å². The maximum atomic E-state index is 12.9. The molecule has 7 heteroatoms. The molecule has 1 atom stereocenters. The molecule has 0 unspecified atom stereocenters. The van der Waals surface area contributed by atoms with Crippen molar-refractivity contribution in [3.05, 3.63) is 125 Å². The Kier molecular flexibility index (Phi) is 7.38. The molecule has 0 radical (unpaired) electrons. The van der Waals surface area contributed by atoms with Crippen molar-refractivity contribution in [3.63, 3.8) is 0 Å². The van der Waals surface area contributed by atoms with Crippen LogP contribution in [0.25, 0.3) is 11.1 Å². The fraction of sp³-hybridized carbons (Fsp3) is 0.161. The van der Waals surface area contributed by atoms with Crippen molar-refractivity contribution in [1.82, 2.24) is 5.06 Å². The summed E-state index contributed by atoms with van der Waals surface area (Å²) in [6, 6.07) is 30.3. The minimum Gasteiger partial charge on any atom is -0.508 e. The lowest BCUT2D eigenvalue weighted by Crippen LogP contribution is -2.43. The van der Waals surface area contributed by atoms with E-state index in [4.69, 9.17) is 9.57 Å². The Hall–Kier alpha value is -4.62. The van der Waals surface area contributed by atoms with Crippen LogP contribution in [-0.4, -0.2) is 40.0 Å². The maximum absolute atomic E-state index is 12.9. The van der Waals surface area contributed by atoms with E-state index in [1.165, 1.54) is 12.1 Å². The van der Waals surface area contributed by atoms with Gasteiger partial charge in [0.15, 0.2) is 0 Å². The number of hydrogen-bond acceptors (Lipinski definition) is 6. The van der Waals surface area contributed by atoms with Crippen LogP contribution in [0.5, 0.6) is 5.75 Å². The number of ether oxygens (including phenoxy) is 1. The third-order valence-corrected chi connectivity index (χ3v) is 6.70. The van der Waals surface area contributed by atoms with Crippen molar-refractivity contribution in [1.29, 1.82) is 0 Å². The number of phenolic OH excluding ortho intramolecular Hbond substituents is 1. The highest BCUT2D eigenvalue weighted by molar-refractivity contribution is 5.79. The molecule has 1 aliphatic carbocycles. The van der Waals surface area contributed by atoms with Gasteiger partial charge in [-0.25, -0.2) is 4.79 Å². The molecule has 0 amide bonds. The summed E-state index contributed by atoms with van der Waals surface area (Å²) in [6.07, 6.45) is -0.918. The summed E-state index contributed by atoms with van der Waals surface area (Å²) in [5, 5.41) is 20.8. The van der Waals surface area contributed by atoms with Crippen LogP contribution in [0.2, 0.25) is 0 Å². The van der Waals surface area contributed by atoms with Crippen molar-refractivity contribution in [2.24, 2.45) is 0 Å². The number of fused-ring (bicyclic) bond motifs is 3. The topological polar surface area (TPSA) is 96.3 Å². The van der Waals surface area contributed by atoms with Gasteiger partial charge >= 0.3 is 12.1 Å². The van der Waals surface area contributed by atoms with Crippen LogP contribution >= 0.6 is 0 Å². The first kappa shape index (κ1) is 25.0. The minimum absolute atomic E-state index is 0.0547. The van der Waals surface area contributed by atoms with Gasteiger partial charge in [0.2, 0.25) is 0 Å². The number of carbonyl (C=O) groups is 2. The van der Waals surface area contributed by atoms with Gasteiger partial charge in [-0.1, -0.05) is 91.0 Å². The van der Waals surface area contributed by atoms with Crippen molar-refractivity contribution in [3.8, 4) is 16.9 Å². The number of carboxylic acid groups (broad SMARTS) is 1. The van der Waals surface area contributed by atoms with Gasteiger partial charge in [0.05, 0.1) is 6.54 Å². The molecule has 5 rings (SSSR count). The SMILES string of the molecule is O=C(OCC1c2ccccc2-c2ccccc21)ON(Cc1ccccc1)[C@H](Cc1ccc(O)cc1)C(=O)O. The third-order valence-electron chi connectivity index (χ3n) is 6.70. The lowest BCUT2D eigenvalue weighted by atomic mass is 9.98.